The summed E-state index contributed by atoms with van der Waals surface area (Å²) in [5.74, 6) is -0.567. The van der Waals surface area contributed by atoms with Crippen LogP contribution in [0.15, 0.2) is 18.2 Å². The Hall–Kier alpha value is -2.19. The lowest BCUT2D eigenvalue weighted by molar-refractivity contribution is -0.384. The van der Waals surface area contributed by atoms with E-state index >= 15 is 0 Å². The number of morpholine rings is 1. The lowest BCUT2D eigenvalue weighted by Crippen LogP contribution is -2.36. The molecule has 2 aliphatic heterocycles. The van der Waals surface area contributed by atoms with Crippen molar-refractivity contribution >= 4 is 17.3 Å². The van der Waals surface area contributed by atoms with Gasteiger partial charge in [-0.1, -0.05) is 0 Å². The van der Waals surface area contributed by atoms with Gasteiger partial charge in [-0.3, -0.25) is 10.1 Å². The van der Waals surface area contributed by atoms with Gasteiger partial charge in [0.2, 0.25) is 0 Å². The Kier molecular flexibility index (Phi) is 5.27. The van der Waals surface area contributed by atoms with Gasteiger partial charge in [0.15, 0.2) is 0 Å². The molecule has 8 nitrogen and oxygen atoms in total. The predicted octanol–water partition coefficient (Wildman–Crippen LogP) is 1.77. The summed E-state index contributed by atoms with van der Waals surface area (Å²) < 4.78 is 15.9. The summed E-state index contributed by atoms with van der Waals surface area (Å²) in [6.45, 7) is 3.09. The van der Waals surface area contributed by atoms with Crippen molar-refractivity contribution in [2.75, 3.05) is 44.4 Å². The van der Waals surface area contributed by atoms with Crippen LogP contribution < -0.4 is 4.90 Å². The highest BCUT2D eigenvalue weighted by molar-refractivity contribution is 5.91. The third kappa shape index (κ3) is 3.82. The Morgan fingerprint density at radius 1 is 1.33 bits per heavy atom. The van der Waals surface area contributed by atoms with Gasteiger partial charge in [-0.15, -0.1) is 0 Å². The fourth-order valence-corrected chi connectivity index (χ4v) is 2.90. The van der Waals surface area contributed by atoms with E-state index < -0.39 is 10.9 Å². The number of benzene rings is 1. The third-order valence-electron chi connectivity index (χ3n) is 4.18. The summed E-state index contributed by atoms with van der Waals surface area (Å²) in [5.41, 5.74) is 0.583. The highest BCUT2D eigenvalue weighted by atomic mass is 16.6. The second-order valence-electron chi connectivity index (χ2n) is 5.79. The molecule has 0 radical (unpaired) electrons. The van der Waals surface area contributed by atoms with Crippen molar-refractivity contribution in [3.05, 3.63) is 33.9 Å². The maximum atomic E-state index is 12.1. The zero-order valence-corrected chi connectivity index (χ0v) is 13.3. The zero-order chi connectivity index (χ0) is 16.9. The number of nitrogens with zero attached hydrogens (tertiary/aromatic N) is 2. The normalized spacial score (nSPS) is 20.8. The summed E-state index contributed by atoms with van der Waals surface area (Å²) in [6, 6.07) is 4.45. The van der Waals surface area contributed by atoms with E-state index in [0.29, 0.717) is 38.6 Å². The van der Waals surface area contributed by atoms with Crippen LogP contribution in [-0.2, 0) is 14.2 Å². The van der Waals surface area contributed by atoms with Gasteiger partial charge in [-0.05, 0) is 25.0 Å². The van der Waals surface area contributed by atoms with E-state index in [9.17, 15) is 14.9 Å². The lowest BCUT2D eigenvalue weighted by Gasteiger charge is -2.28. The highest BCUT2D eigenvalue weighted by Crippen LogP contribution is 2.30. The standard InChI is InChI=1S/C16H20N2O6/c19-16(24-11-13-2-1-7-23-13)12-3-4-14(15(10-12)18(20)21)17-5-8-22-9-6-17/h3-4,10,13H,1-2,5-9,11H2/t13-/m0/s1. The van der Waals surface area contributed by atoms with Crippen LogP contribution in [0.4, 0.5) is 11.4 Å². The van der Waals surface area contributed by atoms with Crippen LogP contribution >= 0.6 is 0 Å². The molecule has 1 aromatic rings. The number of carbonyl (C=O) groups excluding carboxylic acids is 1. The van der Waals surface area contributed by atoms with E-state index in [-0.39, 0.29) is 24.0 Å². The van der Waals surface area contributed by atoms with E-state index in [2.05, 4.69) is 0 Å². The first-order valence-corrected chi connectivity index (χ1v) is 8.05. The molecular formula is C16H20N2O6. The maximum Gasteiger partial charge on any atom is 0.338 e. The Labute approximate surface area is 139 Å². The van der Waals surface area contributed by atoms with Crippen molar-refractivity contribution in [2.24, 2.45) is 0 Å². The van der Waals surface area contributed by atoms with Crippen molar-refractivity contribution in [2.45, 2.75) is 18.9 Å². The average molecular weight is 336 g/mol. The van der Waals surface area contributed by atoms with Gasteiger partial charge in [0.05, 0.1) is 29.8 Å². The molecule has 0 amide bonds. The van der Waals surface area contributed by atoms with Crippen LogP contribution in [0.5, 0.6) is 0 Å². The number of hydrogen-bond donors (Lipinski definition) is 0. The number of anilines is 1. The Morgan fingerprint density at radius 3 is 2.79 bits per heavy atom. The summed E-state index contributed by atoms with van der Waals surface area (Å²) >= 11 is 0. The second kappa shape index (κ2) is 7.59. The van der Waals surface area contributed by atoms with Crippen molar-refractivity contribution < 1.29 is 23.9 Å². The van der Waals surface area contributed by atoms with Crippen LogP contribution in [0.1, 0.15) is 23.2 Å². The minimum atomic E-state index is -0.567. The van der Waals surface area contributed by atoms with Crippen molar-refractivity contribution in [1.29, 1.82) is 0 Å². The van der Waals surface area contributed by atoms with Gasteiger partial charge >= 0.3 is 5.97 Å². The summed E-state index contributed by atoms with van der Waals surface area (Å²) in [5, 5.41) is 11.4. The van der Waals surface area contributed by atoms with Gasteiger partial charge in [0.25, 0.3) is 5.69 Å². The van der Waals surface area contributed by atoms with Crippen molar-refractivity contribution in [1.82, 2.24) is 0 Å². The molecule has 2 heterocycles. The van der Waals surface area contributed by atoms with Gasteiger partial charge in [-0.25, -0.2) is 4.79 Å². The molecular weight excluding hydrogens is 316 g/mol. The van der Waals surface area contributed by atoms with Crippen LogP contribution in [-0.4, -0.2) is 56.5 Å². The molecule has 0 N–H and O–H groups in total. The molecule has 8 heteroatoms. The molecule has 2 saturated heterocycles. The summed E-state index contributed by atoms with van der Waals surface area (Å²) in [7, 11) is 0. The molecule has 0 aromatic heterocycles. The van der Waals surface area contributed by atoms with Crippen molar-refractivity contribution in [3.8, 4) is 0 Å². The smallest absolute Gasteiger partial charge is 0.338 e. The number of carbonyl (C=O) groups is 1. The number of nitro benzene ring substituents is 1. The first-order chi connectivity index (χ1) is 11.6. The number of nitro groups is 1. The van der Waals surface area contributed by atoms with Crippen LogP contribution in [0.25, 0.3) is 0 Å². The molecule has 1 atom stereocenters. The van der Waals surface area contributed by atoms with Crippen LogP contribution in [0.2, 0.25) is 0 Å². The molecule has 0 saturated carbocycles. The van der Waals surface area contributed by atoms with E-state index in [1.54, 1.807) is 12.1 Å². The molecule has 2 aliphatic rings. The van der Waals surface area contributed by atoms with Gasteiger partial charge in [-0.2, -0.15) is 0 Å². The number of rotatable bonds is 5. The molecule has 0 unspecified atom stereocenters. The SMILES string of the molecule is O=C(OC[C@@H]1CCCO1)c1ccc(N2CCOCC2)c([N+](=O)[O-])c1. The minimum absolute atomic E-state index is 0.0726. The molecule has 3 rings (SSSR count). The quantitative estimate of drug-likeness (QED) is 0.460. The third-order valence-corrected chi connectivity index (χ3v) is 4.18. The molecule has 1 aromatic carbocycles. The van der Waals surface area contributed by atoms with E-state index in [1.165, 1.54) is 6.07 Å². The van der Waals surface area contributed by atoms with Crippen LogP contribution in [0.3, 0.4) is 0 Å². The molecule has 130 valence electrons. The molecule has 0 bridgehead atoms. The van der Waals surface area contributed by atoms with Gasteiger partial charge < -0.3 is 19.1 Å². The topological polar surface area (TPSA) is 91.1 Å². The number of hydrogen-bond acceptors (Lipinski definition) is 7. The predicted molar refractivity (Wildman–Crippen MR) is 85.4 cm³/mol. The Balaban J connectivity index is 1.72. The van der Waals surface area contributed by atoms with Gasteiger partial charge in [0.1, 0.15) is 12.3 Å². The fourth-order valence-electron chi connectivity index (χ4n) is 2.90. The number of ether oxygens (including phenoxy) is 3. The van der Waals surface area contributed by atoms with E-state index in [0.717, 1.165) is 12.8 Å². The highest BCUT2D eigenvalue weighted by Gasteiger charge is 2.24. The van der Waals surface area contributed by atoms with E-state index in [1.807, 2.05) is 4.90 Å². The second-order valence-corrected chi connectivity index (χ2v) is 5.79. The Bertz CT molecular complexity index is 609. The van der Waals surface area contributed by atoms with Gasteiger partial charge in [0, 0.05) is 25.8 Å². The first-order valence-electron chi connectivity index (χ1n) is 8.05. The van der Waals surface area contributed by atoms with Crippen molar-refractivity contribution in [3.63, 3.8) is 0 Å². The van der Waals surface area contributed by atoms with E-state index in [4.69, 9.17) is 14.2 Å². The molecule has 0 aliphatic carbocycles. The molecule has 2 fully saturated rings. The Morgan fingerprint density at radius 2 is 2.12 bits per heavy atom. The fraction of sp³-hybridized carbons (Fsp3) is 0.562. The largest absolute Gasteiger partial charge is 0.459 e. The van der Waals surface area contributed by atoms with Crippen LogP contribution in [0, 0.1) is 10.1 Å². The molecule has 24 heavy (non-hydrogen) atoms. The first kappa shape index (κ1) is 16.7. The molecule has 0 spiro atoms. The monoisotopic (exact) mass is 336 g/mol. The number of esters is 1. The zero-order valence-electron chi connectivity index (χ0n) is 13.3. The lowest BCUT2D eigenvalue weighted by atomic mass is 10.1. The maximum absolute atomic E-state index is 12.1. The minimum Gasteiger partial charge on any atom is -0.459 e. The average Bonchev–Trinajstić information content (AvgIpc) is 3.13. The summed E-state index contributed by atoms with van der Waals surface area (Å²) in [4.78, 5) is 24.9. The summed E-state index contributed by atoms with van der Waals surface area (Å²) in [6.07, 6.45) is 1.75.